The number of unbranched alkanes of at least 4 members (excludes halogenated alkanes) is 1. The fraction of sp³-hybridized carbons (Fsp3) is 0.538. The minimum atomic E-state index is -1.30. The molecule has 2 saturated heterocycles. The third kappa shape index (κ3) is 10.3. The van der Waals surface area contributed by atoms with Crippen LogP contribution in [0.2, 0.25) is 0 Å². The topological polar surface area (TPSA) is 201 Å². The Morgan fingerprint density at radius 3 is 2.08 bits per heavy atom. The van der Waals surface area contributed by atoms with Crippen LogP contribution in [-0.4, -0.2) is 107 Å². The molecule has 2 aliphatic heterocycles. The van der Waals surface area contributed by atoms with E-state index in [9.17, 15) is 29.1 Å². The van der Waals surface area contributed by atoms with Gasteiger partial charge in [-0.2, -0.15) is 0 Å². The maximum atomic E-state index is 14.4. The van der Waals surface area contributed by atoms with Gasteiger partial charge < -0.3 is 32.1 Å². The number of hydrogen-bond acceptors (Lipinski definition) is 8. The SMILES string of the molecule is NCCCCC(NC(=O)C1(NC(=O)C(Cc2ccccc2)=NC(=O)C(N)Cc2ccccc2)CCCCC1)C(=O)N1CC2CN(CC(=O)O)CC2C1. The number of hydrogen-bond donors (Lipinski definition) is 5. The van der Waals surface area contributed by atoms with E-state index in [-0.39, 0.29) is 42.8 Å². The van der Waals surface area contributed by atoms with Gasteiger partial charge in [0, 0.05) is 32.6 Å². The Kier molecular flexibility index (Phi) is 13.7. The Balaban J connectivity index is 1.33. The first-order valence-electron chi connectivity index (χ1n) is 18.6. The van der Waals surface area contributed by atoms with E-state index in [1.165, 1.54) is 0 Å². The molecule has 0 bridgehead atoms. The number of carbonyl (C=O) groups is 5. The van der Waals surface area contributed by atoms with Crippen LogP contribution in [0, 0.1) is 11.8 Å². The first-order valence-corrected chi connectivity index (χ1v) is 18.6. The van der Waals surface area contributed by atoms with Crippen molar-refractivity contribution in [2.75, 3.05) is 39.3 Å². The standard InChI is InChI=1S/C39H53N7O6/c40-19-11-8-16-32(37(51)46-24-29-22-45(26-34(47)48)23-30(29)25-46)43-38(52)39(17-9-3-10-18-39)44-36(50)33(21-28-14-6-2-7-15-28)42-35(49)31(41)20-27-12-4-1-5-13-27/h1-2,4-7,12-15,29-32H,3,8-11,16-26,40-41H2,(H,43,52)(H,44,50)(H,47,48). The molecule has 0 spiro atoms. The Labute approximate surface area is 305 Å². The van der Waals surface area contributed by atoms with Crippen LogP contribution in [-0.2, 0) is 36.8 Å². The number of carboxylic acids is 1. The molecule has 2 aromatic rings. The van der Waals surface area contributed by atoms with Crippen LogP contribution in [0.4, 0.5) is 0 Å². The number of nitrogens with zero attached hydrogens (tertiary/aromatic N) is 3. The van der Waals surface area contributed by atoms with Crippen LogP contribution in [0.5, 0.6) is 0 Å². The van der Waals surface area contributed by atoms with Gasteiger partial charge in [-0.1, -0.05) is 79.9 Å². The van der Waals surface area contributed by atoms with Gasteiger partial charge in [-0.15, -0.1) is 0 Å². The first-order chi connectivity index (χ1) is 25.1. The second kappa shape index (κ2) is 18.3. The van der Waals surface area contributed by atoms with Crippen molar-refractivity contribution in [1.82, 2.24) is 20.4 Å². The van der Waals surface area contributed by atoms with Crippen molar-refractivity contribution in [1.29, 1.82) is 0 Å². The van der Waals surface area contributed by atoms with Gasteiger partial charge >= 0.3 is 5.97 Å². The summed E-state index contributed by atoms with van der Waals surface area (Å²) in [6.07, 6.45) is 5.11. The number of carboxylic acid groups (broad SMARTS) is 1. The van der Waals surface area contributed by atoms with E-state index in [4.69, 9.17) is 11.5 Å². The van der Waals surface area contributed by atoms with Gasteiger partial charge in [0.1, 0.15) is 17.3 Å². The highest BCUT2D eigenvalue weighted by Crippen LogP contribution is 2.32. The molecule has 0 aromatic heterocycles. The highest BCUT2D eigenvalue weighted by Gasteiger charge is 2.46. The Morgan fingerprint density at radius 1 is 0.865 bits per heavy atom. The third-order valence-corrected chi connectivity index (χ3v) is 10.6. The normalized spacial score (nSPS) is 21.2. The molecular weight excluding hydrogens is 662 g/mol. The number of rotatable bonds is 16. The zero-order valence-corrected chi connectivity index (χ0v) is 29.9. The minimum Gasteiger partial charge on any atom is -0.480 e. The van der Waals surface area contributed by atoms with Crippen LogP contribution in [0.15, 0.2) is 65.7 Å². The fourth-order valence-electron chi connectivity index (χ4n) is 7.84. The molecule has 1 aliphatic carbocycles. The lowest BCUT2D eigenvalue weighted by atomic mass is 9.80. The number of aliphatic carboxylic acids is 1. The summed E-state index contributed by atoms with van der Waals surface area (Å²) in [6.45, 7) is 2.69. The molecule has 13 nitrogen and oxygen atoms in total. The van der Waals surface area contributed by atoms with E-state index < -0.39 is 41.3 Å². The molecule has 13 heteroatoms. The molecular formula is C39H53N7O6. The van der Waals surface area contributed by atoms with Crippen molar-refractivity contribution >= 4 is 35.3 Å². The smallest absolute Gasteiger partial charge is 0.317 e. The van der Waals surface area contributed by atoms with E-state index in [1.54, 1.807) is 4.90 Å². The van der Waals surface area contributed by atoms with Crippen LogP contribution in [0.3, 0.4) is 0 Å². The zero-order valence-electron chi connectivity index (χ0n) is 29.9. The first kappa shape index (κ1) is 38.8. The molecule has 2 heterocycles. The number of aliphatic imine (C=N–C) groups is 1. The molecule has 4 amide bonds. The molecule has 0 radical (unpaired) electrons. The molecule has 52 heavy (non-hydrogen) atoms. The van der Waals surface area contributed by atoms with Gasteiger partial charge in [0.25, 0.3) is 11.8 Å². The summed E-state index contributed by atoms with van der Waals surface area (Å²) in [5.41, 5.74) is 12.4. The molecule has 2 aromatic carbocycles. The number of nitrogens with one attached hydrogen (secondary N) is 2. The van der Waals surface area contributed by atoms with Crippen molar-refractivity contribution in [2.24, 2.45) is 28.3 Å². The summed E-state index contributed by atoms with van der Waals surface area (Å²) >= 11 is 0. The van der Waals surface area contributed by atoms with E-state index in [0.29, 0.717) is 77.7 Å². The molecule has 280 valence electrons. The quantitative estimate of drug-likeness (QED) is 0.127. The Hall–Kier alpha value is -4.46. The number of benzene rings is 2. The molecule has 4 atom stereocenters. The average Bonchev–Trinajstić information content (AvgIpc) is 3.70. The summed E-state index contributed by atoms with van der Waals surface area (Å²) in [4.78, 5) is 75.0. The summed E-state index contributed by atoms with van der Waals surface area (Å²) in [7, 11) is 0. The molecule has 3 aliphatic rings. The molecule has 3 fully saturated rings. The van der Waals surface area contributed by atoms with Gasteiger partial charge in [0.05, 0.1) is 12.6 Å². The number of nitrogens with two attached hydrogens (primary N) is 2. The van der Waals surface area contributed by atoms with Gasteiger partial charge in [-0.3, -0.25) is 28.9 Å². The zero-order chi connectivity index (χ0) is 37.1. The summed E-state index contributed by atoms with van der Waals surface area (Å²) < 4.78 is 0. The third-order valence-electron chi connectivity index (χ3n) is 10.6. The van der Waals surface area contributed by atoms with Crippen LogP contribution in [0.1, 0.15) is 62.5 Å². The van der Waals surface area contributed by atoms with Crippen molar-refractivity contribution < 1.29 is 29.1 Å². The van der Waals surface area contributed by atoms with Gasteiger partial charge in [-0.25, -0.2) is 4.99 Å². The number of carbonyl (C=O) groups excluding carboxylic acids is 4. The highest BCUT2D eigenvalue weighted by atomic mass is 16.4. The van der Waals surface area contributed by atoms with Crippen molar-refractivity contribution in [3.05, 3.63) is 71.8 Å². The number of fused-ring (bicyclic) bond motifs is 1. The van der Waals surface area contributed by atoms with Crippen molar-refractivity contribution in [3.63, 3.8) is 0 Å². The van der Waals surface area contributed by atoms with E-state index in [0.717, 1.165) is 17.5 Å². The number of amides is 4. The predicted molar refractivity (Wildman–Crippen MR) is 197 cm³/mol. The largest absolute Gasteiger partial charge is 0.480 e. The Morgan fingerprint density at radius 2 is 1.48 bits per heavy atom. The second-order valence-corrected chi connectivity index (χ2v) is 14.6. The van der Waals surface area contributed by atoms with Crippen molar-refractivity contribution in [3.8, 4) is 0 Å². The lowest BCUT2D eigenvalue weighted by Gasteiger charge is -2.38. The summed E-state index contributed by atoms with van der Waals surface area (Å²) in [5.74, 6) is -2.35. The number of likely N-dealkylation sites (tertiary alicyclic amines) is 2. The van der Waals surface area contributed by atoms with Crippen LogP contribution < -0.4 is 22.1 Å². The summed E-state index contributed by atoms with van der Waals surface area (Å²) in [5, 5.41) is 15.3. The summed E-state index contributed by atoms with van der Waals surface area (Å²) in [6, 6.07) is 16.8. The maximum absolute atomic E-state index is 14.4. The lowest BCUT2D eigenvalue weighted by Crippen LogP contribution is -2.63. The van der Waals surface area contributed by atoms with E-state index in [2.05, 4.69) is 15.6 Å². The van der Waals surface area contributed by atoms with Crippen LogP contribution in [0.25, 0.3) is 0 Å². The second-order valence-electron chi connectivity index (χ2n) is 14.6. The van der Waals surface area contributed by atoms with Gasteiger partial charge in [0.2, 0.25) is 11.8 Å². The highest BCUT2D eigenvalue weighted by molar-refractivity contribution is 6.41. The molecule has 1 saturated carbocycles. The minimum absolute atomic E-state index is 0.0149. The van der Waals surface area contributed by atoms with Gasteiger partial charge in [0.15, 0.2) is 0 Å². The Bertz CT molecular complexity index is 1570. The lowest BCUT2D eigenvalue weighted by molar-refractivity contribution is -0.140. The molecule has 7 N–H and O–H groups in total. The van der Waals surface area contributed by atoms with Gasteiger partial charge in [-0.05, 0) is 68.0 Å². The average molecular weight is 716 g/mol. The van der Waals surface area contributed by atoms with Crippen LogP contribution >= 0.6 is 0 Å². The van der Waals surface area contributed by atoms with Crippen molar-refractivity contribution in [2.45, 2.75) is 81.8 Å². The maximum Gasteiger partial charge on any atom is 0.317 e. The van der Waals surface area contributed by atoms with E-state index in [1.807, 2.05) is 65.6 Å². The fourth-order valence-corrected chi connectivity index (χ4v) is 7.84. The predicted octanol–water partition coefficient (Wildman–Crippen LogP) is 1.67. The van der Waals surface area contributed by atoms with E-state index >= 15 is 0 Å². The molecule has 4 unspecified atom stereocenters. The monoisotopic (exact) mass is 715 g/mol. The molecule has 5 rings (SSSR count).